The highest BCUT2D eigenvalue weighted by molar-refractivity contribution is 5.87. The molecule has 1 heterocycles. The van der Waals surface area contributed by atoms with E-state index in [1.807, 2.05) is 0 Å². The van der Waals surface area contributed by atoms with Crippen LogP contribution in [0.15, 0.2) is 12.1 Å². The molecule has 88 valence electrons. The largest absolute Gasteiger partial charge is 0.464 e. The second-order valence-corrected chi connectivity index (χ2v) is 2.88. The lowest BCUT2D eigenvalue weighted by atomic mass is 10.1. The number of pyridine rings is 1. The summed E-state index contributed by atoms with van der Waals surface area (Å²) in [6.07, 6.45) is -4.53. The van der Waals surface area contributed by atoms with E-state index in [4.69, 9.17) is 5.73 Å². The lowest BCUT2D eigenvalue weighted by Crippen LogP contribution is -2.16. The van der Waals surface area contributed by atoms with Gasteiger partial charge in [0.05, 0.1) is 18.4 Å². The Hall–Kier alpha value is -1.63. The number of ether oxygens (including phenoxy) is 1. The molecule has 0 spiro atoms. The Kier molecular flexibility index (Phi) is 3.48. The molecule has 0 aliphatic rings. The van der Waals surface area contributed by atoms with Crippen molar-refractivity contribution in [2.24, 2.45) is 5.73 Å². The molecular formula is C9H9F3N2O2. The van der Waals surface area contributed by atoms with Gasteiger partial charge in [0, 0.05) is 6.54 Å². The van der Waals surface area contributed by atoms with E-state index in [1.54, 1.807) is 0 Å². The molecule has 0 radical (unpaired) electrons. The third kappa shape index (κ3) is 2.48. The number of nitrogens with zero attached hydrogens (tertiary/aromatic N) is 1. The average molecular weight is 234 g/mol. The summed E-state index contributed by atoms with van der Waals surface area (Å²) < 4.78 is 41.7. The fourth-order valence-corrected chi connectivity index (χ4v) is 1.13. The molecule has 0 unspecified atom stereocenters. The number of nitrogens with two attached hydrogens (primary N) is 1. The molecule has 2 N–H and O–H groups in total. The lowest BCUT2D eigenvalue weighted by molar-refractivity contribution is -0.138. The summed E-state index contributed by atoms with van der Waals surface area (Å²) in [6.45, 7) is -0.403. The van der Waals surface area contributed by atoms with Crippen LogP contribution in [0.1, 0.15) is 21.7 Å². The lowest BCUT2D eigenvalue weighted by Gasteiger charge is -2.11. The maximum atomic E-state index is 12.4. The predicted molar refractivity (Wildman–Crippen MR) is 48.5 cm³/mol. The van der Waals surface area contributed by atoms with E-state index in [0.717, 1.165) is 19.2 Å². The molecule has 1 rings (SSSR count). The second-order valence-electron chi connectivity index (χ2n) is 2.88. The van der Waals surface area contributed by atoms with Crippen molar-refractivity contribution in [1.29, 1.82) is 0 Å². The van der Waals surface area contributed by atoms with Gasteiger partial charge < -0.3 is 10.5 Å². The van der Waals surface area contributed by atoms with E-state index < -0.39 is 24.3 Å². The molecule has 16 heavy (non-hydrogen) atoms. The Balaban J connectivity index is 3.22. The summed E-state index contributed by atoms with van der Waals surface area (Å²) in [7, 11) is 1.11. The zero-order valence-electron chi connectivity index (χ0n) is 8.34. The van der Waals surface area contributed by atoms with Crippen LogP contribution in [0.3, 0.4) is 0 Å². The third-order valence-electron chi connectivity index (χ3n) is 1.87. The van der Waals surface area contributed by atoms with Crippen LogP contribution in [0.2, 0.25) is 0 Å². The Morgan fingerprint density at radius 2 is 2.12 bits per heavy atom. The van der Waals surface area contributed by atoms with Crippen molar-refractivity contribution in [1.82, 2.24) is 4.98 Å². The fraction of sp³-hybridized carbons (Fsp3) is 0.333. The summed E-state index contributed by atoms with van der Waals surface area (Å²) in [5.41, 5.74) is 3.62. The van der Waals surface area contributed by atoms with Gasteiger partial charge in [0.25, 0.3) is 0 Å². The van der Waals surface area contributed by atoms with Gasteiger partial charge >= 0.3 is 12.1 Å². The van der Waals surface area contributed by atoms with Gasteiger partial charge in [-0.05, 0) is 12.1 Å². The Morgan fingerprint density at radius 3 is 2.56 bits per heavy atom. The highest BCUT2D eigenvalue weighted by Crippen LogP contribution is 2.31. The normalized spacial score (nSPS) is 11.3. The van der Waals surface area contributed by atoms with Crippen LogP contribution < -0.4 is 5.73 Å². The SMILES string of the molecule is COC(=O)c1ccc(C(F)(F)F)c(CN)n1. The monoisotopic (exact) mass is 234 g/mol. The van der Waals surface area contributed by atoms with Crippen molar-refractivity contribution in [3.05, 3.63) is 29.1 Å². The minimum atomic E-state index is -4.53. The van der Waals surface area contributed by atoms with Gasteiger partial charge in [-0.2, -0.15) is 13.2 Å². The number of rotatable bonds is 2. The number of hydrogen-bond donors (Lipinski definition) is 1. The quantitative estimate of drug-likeness (QED) is 0.784. The fourth-order valence-electron chi connectivity index (χ4n) is 1.13. The molecule has 0 aliphatic heterocycles. The van der Waals surface area contributed by atoms with Gasteiger partial charge in [-0.25, -0.2) is 9.78 Å². The predicted octanol–water partition coefficient (Wildman–Crippen LogP) is 1.35. The van der Waals surface area contributed by atoms with Gasteiger partial charge in [-0.1, -0.05) is 0 Å². The van der Waals surface area contributed by atoms with Crippen LogP contribution in [0, 0.1) is 0 Å². The molecular weight excluding hydrogens is 225 g/mol. The number of alkyl halides is 3. The van der Waals surface area contributed by atoms with Crippen LogP contribution in [-0.4, -0.2) is 18.1 Å². The van der Waals surface area contributed by atoms with Crippen LogP contribution >= 0.6 is 0 Å². The molecule has 0 bridgehead atoms. The van der Waals surface area contributed by atoms with Gasteiger partial charge in [0.1, 0.15) is 5.69 Å². The highest BCUT2D eigenvalue weighted by atomic mass is 19.4. The van der Waals surface area contributed by atoms with Crippen molar-refractivity contribution in [3.63, 3.8) is 0 Å². The Labute approximate surface area is 89.2 Å². The number of esters is 1. The summed E-state index contributed by atoms with van der Waals surface area (Å²) in [5.74, 6) is -0.802. The molecule has 1 aromatic heterocycles. The third-order valence-corrected chi connectivity index (χ3v) is 1.87. The summed E-state index contributed by atoms with van der Waals surface area (Å²) in [6, 6.07) is 1.72. The molecule has 0 fully saturated rings. The van der Waals surface area contributed by atoms with Crippen LogP contribution in [0.5, 0.6) is 0 Å². The van der Waals surface area contributed by atoms with E-state index in [2.05, 4.69) is 9.72 Å². The molecule has 0 atom stereocenters. The van der Waals surface area contributed by atoms with Crippen molar-refractivity contribution < 1.29 is 22.7 Å². The van der Waals surface area contributed by atoms with Crippen LogP contribution in [0.25, 0.3) is 0 Å². The van der Waals surface area contributed by atoms with E-state index >= 15 is 0 Å². The van der Waals surface area contributed by atoms with Gasteiger partial charge in [-0.15, -0.1) is 0 Å². The maximum absolute atomic E-state index is 12.4. The standard InChI is InChI=1S/C9H9F3N2O2/c1-16-8(15)6-3-2-5(9(10,11)12)7(4-13)14-6/h2-3H,4,13H2,1H3. The van der Waals surface area contributed by atoms with Crippen molar-refractivity contribution in [3.8, 4) is 0 Å². The minimum absolute atomic E-state index is 0.198. The van der Waals surface area contributed by atoms with Crippen molar-refractivity contribution in [2.45, 2.75) is 12.7 Å². The molecule has 7 heteroatoms. The molecule has 0 aliphatic carbocycles. The summed E-state index contributed by atoms with van der Waals surface area (Å²) >= 11 is 0. The van der Waals surface area contributed by atoms with E-state index in [9.17, 15) is 18.0 Å². The van der Waals surface area contributed by atoms with Gasteiger partial charge in [0.15, 0.2) is 0 Å². The molecule has 0 aromatic carbocycles. The first-order chi connectivity index (χ1) is 7.40. The van der Waals surface area contributed by atoms with Crippen LogP contribution in [-0.2, 0) is 17.5 Å². The minimum Gasteiger partial charge on any atom is -0.464 e. The first-order valence-electron chi connectivity index (χ1n) is 4.25. The van der Waals surface area contributed by atoms with Crippen LogP contribution in [0.4, 0.5) is 13.2 Å². The molecule has 1 aromatic rings. The van der Waals surface area contributed by atoms with Crippen molar-refractivity contribution >= 4 is 5.97 Å². The van der Waals surface area contributed by atoms with E-state index in [-0.39, 0.29) is 11.4 Å². The molecule has 0 saturated carbocycles. The second kappa shape index (κ2) is 4.48. The number of halogens is 3. The maximum Gasteiger partial charge on any atom is 0.418 e. The molecule has 4 nitrogen and oxygen atoms in total. The molecule has 0 saturated heterocycles. The Morgan fingerprint density at radius 1 is 1.50 bits per heavy atom. The van der Waals surface area contributed by atoms with Gasteiger partial charge in [-0.3, -0.25) is 0 Å². The van der Waals surface area contributed by atoms with E-state index in [1.165, 1.54) is 0 Å². The van der Waals surface area contributed by atoms with Gasteiger partial charge in [0.2, 0.25) is 0 Å². The smallest absolute Gasteiger partial charge is 0.418 e. The number of methoxy groups -OCH3 is 1. The first-order valence-corrected chi connectivity index (χ1v) is 4.25. The van der Waals surface area contributed by atoms with Crippen molar-refractivity contribution in [2.75, 3.05) is 7.11 Å². The zero-order valence-corrected chi connectivity index (χ0v) is 8.34. The summed E-state index contributed by atoms with van der Waals surface area (Å²) in [4.78, 5) is 14.5. The number of carbonyl (C=O) groups excluding carboxylic acids is 1. The van der Waals surface area contributed by atoms with E-state index in [0.29, 0.717) is 0 Å². The number of carbonyl (C=O) groups is 1. The zero-order chi connectivity index (χ0) is 12.3. The number of hydrogen-bond acceptors (Lipinski definition) is 4. The number of aromatic nitrogens is 1. The highest BCUT2D eigenvalue weighted by Gasteiger charge is 2.34. The topological polar surface area (TPSA) is 65.2 Å². The molecule has 0 amide bonds. The Bertz CT molecular complexity index is 404. The average Bonchev–Trinajstić information content (AvgIpc) is 2.25. The summed E-state index contributed by atoms with van der Waals surface area (Å²) in [5, 5.41) is 0. The first kappa shape index (κ1) is 12.4.